The van der Waals surface area contributed by atoms with E-state index in [4.69, 9.17) is 16.0 Å². The Kier molecular flexibility index (Phi) is 6.29. The summed E-state index contributed by atoms with van der Waals surface area (Å²) in [5, 5.41) is 11.5. The number of aromatic nitrogens is 1. The van der Waals surface area contributed by atoms with Crippen LogP contribution in [0.2, 0.25) is 5.02 Å². The smallest absolute Gasteiger partial charge is 0.269 e. The van der Waals surface area contributed by atoms with Crippen molar-refractivity contribution >= 4 is 23.2 Å². The van der Waals surface area contributed by atoms with Crippen LogP contribution in [0.4, 0.5) is 5.69 Å². The molecule has 0 aliphatic rings. The van der Waals surface area contributed by atoms with Gasteiger partial charge in [-0.05, 0) is 24.6 Å². The van der Waals surface area contributed by atoms with Crippen molar-refractivity contribution in [3.63, 3.8) is 0 Å². The first-order valence-corrected chi connectivity index (χ1v) is 9.44. The standard InChI is InChI=1S/C21H20ClN3O4/c1-14(15-6-5-7-16(12-15)25(27)28)24(2)21(26)11-10-20-23-13-19(29-20)17-8-3-4-9-18(17)22/h3-9,12-14H,10-11H2,1-2H3. The molecule has 8 heteroatoms. The lowest BCUT2D eigenvalue weighted by Gasteiger charge is -2.25. The van der Waals surface area contributed by atoms with Gasteiger partial charge in [-0.15, -0.1) is 0 Å². The number of hydrogen-bond acceptors (Lipinski definition) is 5. The van der Waals surface area contributed by atoms with Crippen molar-refractivity contribution in [1.82, 2.24) is 9.88 Å². The Labute approximate surface area is 173 Å². The average molecular weight is 414 g/mol. The SMILES string of the molecule is CC(c1cccc([N+](=O)[O-])c1)N(C)C(=O)CCc1ncc(-c2ccccc2Cl)o1. The second kappa shape index (κ2) is 8.87. The highest BCUT2D eigenvalue weighted by Crippen LogP contribution is 2.28. The van der Waals surface area contributed by atoms with Crippen LogP contribution in [0.1, 0.15) is 30.8 Å². The van der Waals surface area contributed by atoms with E-state index in [0.29, 0.717) is 28.7 Å². The summed E-state index contributed by atoms with van der Waals surface area (Å²) in [6.07, 6.45) is 2.14. The normalized spacial score (nSPS) is 11.8. The van der Waals surface area contributed by atoms with Crippen LogP contribution in [0.25, 0.3) is 11.3 Å². The molecule has 0 spiro atoms. The van der Waals surface area contributed by atoms with Gasteiger partial charge in [0.05, 0.1) is 22.2 Å². The van der Waals surface area contributed by atoms with Crippen molar-refractivity contribution in [2.75, 3.05) is 7.05 Å². The zero-order valence-electron chi connectivity index (χ0n) is 16.0. The summed E-state index contributed by atoms with van der Waals surface area (Å²) in [4.78, 5) is 28.9. The van der Waals surface area contributed by atoms with Crippen molar-refractivity contribution in [3.8, 4) is 11.3 Å². The average Bonchev–Trinajstić information content (AvgIpc) is 3.20. The number of oxazole rings is 1. The van der Waals surface area contributed by atoms with Gasteiger partial charge in [-0.2, -0.15) is 0 Å². The number of non-ortho nitro benzene ring substituents is 1. The molecule has 1 unspecified atom stereocenters. The summed E-state index contributed by atoms with van der Waals surface area (Å²) < 4.78 is 5.73. The molecule has 2 aromatic carbocycles. The maximum absolute atomic E-state index is 12.6. The molecule has 0 bridgehead atoms. The van der Waals surface area contributed by atoms with E-state index in [2.05, 4.69) is 4.98 Å². The highest BCUT2D eigenvalue weighted by atomic mass is 35.5. The molecule has 29 heavy (non-hydrogen) atoms. The first-order valence-electron chi connectivity index (χ1n) is 9.06. The number of nitro benzene ring substituents is 1. The van der Waals surface area contributed by atoms with Gasteiger partial charge < -0.3 is 9.32 Å². The highest BCUT2D eigenvalue weighted by Gasteiger charge is 2.20. The Morgan fingerprint density at radius 2 is 2.03 bits per heavy atom. The van der Waals surface area contributed by atoms with Gasteiger partial charge in [0, 0.05) is 37.6 Å². The number of carbonyl (C=O) groups is 1. The number of aryl methyl sites for hydroxylation is 1. The largest absolute Gasteiger partial charge is 0.441 e. The molecule has 0 saturated carbocycles. The first-order chi connectivity index (χ1) is 13.9. The number of nitrogens with zero attached hydrogens (tertiary/aromatic N) is 3. The Balaban J connectivity index is 1.63. The molecule has 0 aliphatic carbocycles. The van der Waals surface area contributed by atoms with Crippen molar-refractivity contribution in [1.29, 1.82) is 0 Å². The molecule has 0 saturated heterocycles. The van der Waals surface area contributed by atoms with E-state index in [1.165, 1.54) is 12.1 Å². The number of nitro groups is 1. The molecule has 0 N–H and O–H groups in total. The third kappa shape index (κ3) is 4.81. The fourth-order valence-corrected chi connectivity index (χ4v) is 3.17. The minimum atomic E-state index is -0.447. The zero-order valence-corrected chi connectivity index (χ0v) is 16.8. The Hall–Kier alpha value is -3.19. The van der Waals surface area contributed by atoms with Crippen LogP contribution in [0.15, 0.2) is 59.1 Å². The van der Waals surface area contributed by atoms with Crippen molar-refractivity contribution < 1.29 is 14.1 Å². The molecule has 3 aromatic rings. The van der Waals surface area contributed by atoms with Crippen LogP contribution in [-0.2, 0) is 11.2 Å². The van der Waals surface area contributed by atoms with Crippen molar-refractivity contribution in [2.45, 2.75) is 25.8 Å². The van der Waals surface area contributed by atoms with Gasteiger partial charge in [0.2, 0.25) is 5.91 Å². The molecular formula is C21H20ClN3O4. The molecule has 150 valence electrons. The fourth-order valence-electron chi connectivity index (χ4n) is 2.94. The summed E-state index contributed by atoms with van der Waals surface area (Å²) in [6, 6.07) is 13.3. The molecule has 0 radical (unpaired) electrons. The summed E-state index contributed by atoms with van der Waals surface area (Å²) in [7, 11) is 1.68. The predicted octanol–water partition coefficient (Wildman–Crippen LogP) is 5.06. The molecule has 0 fully saturated rings. The summed E-state index contributed by atoms with van der Waals surface area (Å²) in [5.74, 6) is 0.891. The van der Waals surface area contributed by atoms with E-state index in [1.54, 1.807) is 36.3 Å². The molecule has 1 amide bonds. The maximum Gasteiger partial charge on any atom is 0.269 e. The van der Waals surface area contributed by atoms with Gasteiger partial charge in [0.1, 0.15) is 0 Å². The van der Waals surface area contributed by atoms with E-state index in [-0.39, 0.29) is 24.1 Å². The van der Waals surface area contributed by atoms with Crippen LogP contribution in [0, 0.1) is 10.1 Å². The topological polar surface area (TPSA) is 89.5 Å². The molecule has 3 rings (SSSR count). The van der Waals surface area contributed by atoms with Crippen LogP contribution in [-0.4, -0.2) is 27.8 Å². The summed E-state index contributed by atoms with van der Waals surface area (Å²) >= 11 is 6.17. The van der Waals surface area contributed by atoms with Crippen LogP contribution in [0.3, 0.4) is 0 Å². The number of halogens is 1. The maximum atomic E-state index is 12.6. The van der Waals surface area contributed by atoms with Gasteiger partial charge in [-0.25, -0.2) is 4.98 Å². The lowest BCUT2D eigenvalue weighted by atomic mass is 10.1. The van der Waals surface area contributed by atoms with Crippen LogP contribution < -0.4 is 0 Å². The van der Waals surface area contributed by atoms with Gasteiger partial charge >= 0.3 is 0 Å². The number of rotatable bonds is 7. The quantitative estimate of drug-likeness (QED) is 0.399. The van der Waals surface area contributed by atoms with E-state index in [0.717, 1.165) is 5.56 Å². The number of carbonyl (C=O) groups excluding carboxylic acids is 1. The minimum Gasteiger partial charge on any atom is -0.441 e. The summed E-state index contributed by atoms with van der Waals surface area (Å²) in [6.45, 7) is 1.83. The lowest BCUT2D eigenvalue weighted by Crippen LogP contribution is -2.29. The molecule has 0 aliphatic heterocycles. The van der Waals surface area contributed by atoms with E-state index in [1.807, 2.05) is 25.1 Å². The Bertz CT molecular complexity index is 1030. The molecule has 1 aromatic heterocycles. The van der Waals surface area contributed by atoms with Crippen molar-refractivity contribution in [3.05, 3.63) is 81.3 Å². The second-order valence-corrected chi connectivity index (χ2v) is 7.04. The van der Waals surface area contributed by atoms with E-state index < -0.39 is 4.92 Å². The van der Waals surface area contributed by atoms with Crippen LogP contribution in [0.5, 0.6) is 0 Å². The molecule has 1 heterocycles. The monoisotopic (exact) mass is 413 g/mol. The molecule has 7 nitrogen and oxygen atoms in total. The number of hydrogen-bond donors (Lipinski definition) is 0. The van der Waals surface area contributed by atoms with Gasteiger partial charge in [-0.3, -0.25) is 14.9 Å². The molecular weight excluding hydrogens is 394 g/mol. The third-order valence-electron chi connectivity index (χ3n) is 4.78. The van der Waals surface area contributed by atoms with Gasteiger partial charge in [0.15, 0.2) is 11.7 Å². The van der Waals surface area contributed by atoms with E-state index in [9.17, 15) is 14.9 Å². The lowest BCUT2D eigenvalue weighted by molar-refractivity contribution is -0.384. The second-order valence-electron chi connectivity index (χ2n) is 6.63. The first kappa shape index (κ1) is 20.5. The zero-order chi connectivity index (χ0) is 21.0. The van der Waals surface area contributed by atoms with Crippen LogP contribution >= 0.6 is 11.6 Å². The predicted molar refractivity (Wildman–Crippen MR) is 110 cm³/mol. The molecule has 1 atom stereocenters. The fraction of sp³-hybridized carbons (Fsp3) is 0.238. The van der Waals surface area contributed by atoms with E-state index >= 15 is 0 Å². The Morgan fingerprint density at radius 3 is 2.76 bits per heavy atom. The van der Waals surface area contributed by atoms with Gasteiger partial charge in [0.25, 0.3) is 5.69 Å². The summed E-state index contributed by atoms with van der Waals surface area (Å²) in [5.41, 5.74) is 1.45. The highest BCUT2D eigenvalue weighted by molar-refractivity contribution is 6.33. The number of amides is 1. The third-order valence-corrected chi connectivity index (χ3v) is 5.11. The van der Waals surface area contributed by atoms with Gasteiger partial charge in [-0.1, -0.05) is 35.9 Å². The number of benzene rings is 2. The minimum absolute atomic E-state index is 0.00193. The Morgan fingerprint density at radius 1 is 1.28 bits per heavy atom. The van der Waals surface area contributed by atoms with Crippen molar-refractivity contribution in [2.24, 2.45) is 0 Å².